The minimum atomic E-state index is -0.655. The van der Waals surface area contributed by atoms with Crippen molar-refractivity contribution in [3.05, 3.63) is 23.8 Å². The second-order valence-corrected chi connectivity index (χ2v) is 3.47. The van der Waals surface area contributed by atoms with Gasteiger partial charge < -0.3 is 15.8 Å². The third kappa shape index (κ3) is 21.5. The number of alkyl carbamates (subject to hydrolysis) is 1. The van der Waals surface area contributed by atoms with Crippen LogP contribution in [0.15, 0.2) is 23.8 Å². The molecule has 0 rings (SSSR count). The number of allylic oxidation sites excluding steroid dienone is 2. The first-order valence-corrected chi connectivity index (χ1v) is 6.98. The average molecular weight is 286 g/mol. The van der Waals surface area contributed by atoms with Gasteiger partial charge in [0.2, 0.25) is 5.91 Å². The number of hydrogen-bond donors (Lipinski definition) is 2. The summed E-state index contributed by atoms with van der Waals surface area (Å²) in [6.07, 6.45) is 6.11. The Kier molecular flexibility index (Phi) is 22.8. The molecule has 0 bridgehead atoms. The maximum absolute atomic E-state index is 11.0. The van der Waals surface area contributed by atoms with Gasteiger partial charge in [0.1, 0.15) is 6.61 Å². The quantitative estimate of drug-likeness (QED) is 0.762. The van der Waals surface area contributed by atoms with E-state index in [0.29, 0.717) is 0 Å². The summed E-state index contributed by atoms with van der Waals surface area (Å²) >= 11 is 0. The zero-order valence-electron chi connectivity index (χ0n) is 13.7. The number of carbonyl (C=O) groups is 2. The molecule has 0 unspecified atom stereocenters. The number of primary amides is 1. The van der Waals surface area contributed by atoms with Crippen LogP contribution in [0.5, 0.6) is 0 Å². The van der Waals surface area contributed by atoms with Crippen LogP contribution in [-0.4, -0.2) is 25.2 Å². The number of ether oxygens (including phenoxy) is 1. The Morgan fingerprint density at radius 1 is 1.20 bits per heavy atom. The summed E-state index contributed by atoms with van der Waals surface area (Å²) in [5.74, 6) is -0.605. The summed E-state index contributed by atoms with van der Waals surface area (Å²) < 4.78 is 4.82. The van der Waals surface area contributed by atoms with Crippen LogP contribution in [0.4, 0.5) is 4.79 Å². The highest BCUT2D eigenvalue weighted by Crippen LogP contribution is 1.97. The molecule has 5 nitrogen and oxygen atoms in total. The SMILES string of the molecule is C/C=C\C(=C/C)COC(=O)NCC(N)=O.CC.CCC. The Balaban J connectivity index is -0.000000505. The second-order valence-electron chi connectivity index (χ2n) is 3.47. The Bertz CT molecular complexity index is 297. The summed E-state index contributed by atoms with van der Waals surface area (Å²) in [4.78, 5) is 21.3. The molecular formula is C15H30N2O3. The minimum Gasteiger partial charge on any atom is -0.445 e. The molecule has 0 fully saturated rings. The highest BCUT2D eigenvalue weighted by atomic mass is 16.5. The molecule has 0 aliphatic carbocycles. The smallest absolute Gasteiger partial charge is 0.407 e. The van der Waals surface area contributed by atoms with Crippen molar-refractivity contribution in [3.63, 3.8) is 0 Å². The van der Waals surface area contributed by atoms with E-state index in [2.05, 4.69) is 19.2 Å². The second kappa shape index (κ2) is 19.6. The molecule has 0 saturated heterocycles. The maximum atomic E-state index is 11.0. The molecule has 2 amide bonds. The van der Waals surface area contributed by atoms with Crippen molar-refractivity contribution in [2.24, 2.45) is 5.73 Å². The molecule has 118 valence electrons. The molecule has 0 radical (unpaired) electrons. The van der Waals surface area contributed by atoms with Crippen LogP contribution in [0, 0.1) is 0 Å². The van der Waals surface area contributed by atoms with Gasteiger partial charge in [0.25, 0.3) is 0 Å². The molecule has 0 aromatic heterocycles. The standard InChI is InChI=1S/C10H16N2O3.C3H8.C2H6/c1-3-5-8(4-2)7-15-10(14)12-6-9(11)13;1-3-2;1-2/h3-5H,6-7H2,1-2H3,(H2,11,13)(H,12,14);3H2,1-2H3;1-2H3/b5-3-,8-4+;;. The zero-order valence-corrected chi connectivity index (χ0v) is 13.7. The van der Waals surface area contributed by atoms with E-state index in [0.717, 1.165) is 5.57 Å². The largest absolute Gasteiger partial charge is 0.445 e. The highest BCUT2D eigenvalue weighted by molar-refractivity contribution is 5.80. The van der Waals surface area contributed by atoms with E-state index in [4.69, 9.17) is 10.5 Å². The van der Waals surface area contributed by atoms with Gasteiger partial charge in [-0.1, -0.05) is 52.3 Å². The van der Waals surface area contributed by atoms with Crippen LogP contribution in [0.1, 0.15) is 48.0 Å². The summed E-state index contributed by atoms with van der Waals surface area (Å²) in [6.45, 7) is 11.9. The first kappa shape index (κ1) is 23.3. The topological polar surface area (TPSA) is 81.4 Å². The molecule has 20 heavy (non-hydrogen) atoms. The van der Waals surface area contributed by atoms with E-state index in [1.54, 1.807) is 0 Å². The minimum absolute atomic E-state index is 0.172. The molecule has 0 aromatic carbocycles. The van der Waals surface area contributed by atoms with Crippen LogP contribution in [0.3, 0.4) is 0 Å². The van der Waals surface area contributed by atoms with Crippen molar-refractivity contribution >= 4 is 12.0 Å². The van der Waals surface area contributed by atoms with Crippen LogP contribution in [-0.2, 0) is 9.53 Å². The number of carbonyl (C=O) groups excluding carboxylic acids is 2. The molecule has 0 spiro atoms. The lowest BCUT2D eigenvalue weighted by Crippen LogP contribution is -2.33. The molecule has 0 aliphatic rings. The number of nitrogens with two attached hydrogens (primary N) is 1. The molecule has 5 heteroatoms. The number of nitrogens with one attached hydrogen (secondary N) is 1. The van der Waals surface area contributed by atoms with Crippen molar-refractivity contribution in [3.8, 4) is 0 Å². The normalized spacial score (nSPS) is 9.80. The summed E-state index contributed by atoms with van der Waals surface area (Å²) in [6, 6.07) is 0. The molecule has 3 N–H and O–H groups in total. The Morgan fingerprint density at radius 2 is 1.70 bits per heavy atom. The molecular weight excluding hydrogens is 256 g/mol. The molecule has 0 saturated carbocycles. The van der Waals surface area contributed by atoms with Crippen LogP contribution in [0.2, 0.25) is 0 Å². The van der Waals surface area contributed by atoms with E-state index in [1.165, 1.54) is 6.42 Å². The lowest BCUT2D eigenvalue weighted by molar-refractivity contribution is -0.117. The molecule has 0 aliphatic heterocycles. The summed E-state index contributed by atoms with van der Waals surface area (Å²) in [7, 11) is 0. The van der Waals surface area contributed by atoms with Gasteiger partial charge in [0, 0.05) is 0 Å². The van der Waals surface area contributed by atoms with Crippen molar-refractivity contribution in [1.82, 2.24) is 5.32 Å². The number of amides is 2. The van der Waals surface area contributed by atoms with Gasteiger partial charge in [-0.25, -0.2) is 4.79 Å². The zero-order chi connectivity index (χ0) is 16.4. The van der Waals surface area contributed by atoms with E-state index < -0.39 is 12.0 Å². The van der Waals surface area contributed by atoms with Gasteiger partial charge in [0.05, 0.1) is 6.54 Å². The Morgan fingerprint density at radius 3 is 2.05 bits per heavy atom. The van der Waals surface area contributed by atoms with Gasteiger partial charge >= 0.3 is 6.09 Å². The van der Waals surface area contributed by atoms with Crippen LogP contribution < -0.4 is 11.1 Å². The highest BCUT2D eigenvalue weighted by Gasteiger charge is 2.03. The fraction of sp³-hybridized carbons (Fsp3) is 0.600. The summed E-state index contributed by atoms with van der Waals surface area (Å²) in [5, 5.41) is 2.22. The molecule has 0 aromatic rings. The Hall–Kier alpha value is -1.78. The first-order chi connectivity index (χ1) is 9.51. The van der Waals surface area contributed by atoms with Crippen molar-refractivity contribution < 1.29 is 14.3 Å². The van der Waals surface area contributed by atoms with E-state index in [9.17, 15) is 9.59 Å². The van der Waals surface area contributed by atoms with Gasteiger partial charge in [-0.2, -0.15) is 0 Å². The van der Waals surface area contributed by atoms with Crippen LogP contribution in [0.25, 0.3) is 0 Å². The van der Waals surface area contributed by atoms with Crippen molar-refractivity contribution in [2.75, 3.05) is 13.2 Å². The number of hydrogen-bond acceptors (Lipinski definition) is 3. The summed E-state index contributed by atoms with van der Waals surface area (Å²) in [5.41, 5.74) is 5.72. The van der Waals surface area contributed by atoms with Crippen molar-refractivity contribution in [1.29, 1.82) is 0 Å². The van der Waals surface area contributed by atoms with E-state index >= 15 is 0 Å². The van der Waals surface area contributed by atoms with Gasteiger partial charge in [-0.15, -0.1) is 0 Å². The Labute approximate surface area is 123 Å². The molecule has 0 heterocycles. The van der Waals surface area contributed by atoms with Crippen molar-refractivity contribution in [2.45, 2.75) is 48.0 Å². The van der Waals surface area contributed by atoms with Gasteiger partial charge in [0.15, 0.2) is 0 Å². The predicted octanol–water partition coefficient (Wildman–Crippen LogP) is 3.16. The van der Waals surface area contributed by atoms with Gasteiger partial charge in [-0.3, -0.25) is 4.79 Å². The number of rotatable bonds is 5. The maximum Gasteiger partial charge on any atom is 0.407 e. The van der Waals surface area contributed by atoms with Gasteiger partial charge in [-0.05, 0) is 19.4 Å². The molecule has 0 atom stereocenters. The monoisotopic (exact) mass is 286 g/mol. The average Bonchev–Trinajstić information content (AvgIpc) is 2.44. The van der Waals surface area contributed by atoms with E-state index in [1.807, 2.05) is 45.9 Å². The predicted molar refractivity (Wildman–Crippen MR) is 84.4 cm³/mol. The fourth-order valence-corrected chi connectivity index (χ4v) is 0.801. The third-order valence-electron chi connectivity index (χ3n) is 1.53. The van der Waals surface area contributed by atoms with E-state index in [-0.39, 0.29) is 13.2 Å². The third-order valence-corrected chi connectivity index (χ3v) is 1.53. The lowest BCUT2D eigenvalue weighted by atomic mass is 10.2. The first-order valence-electron chi connectivity index (χ1n) is 6.98. The van der Waals surface area contributed by atoms with Crippen LogP contribution >= 0.6 is 0 Å². The fourth-order valence-electron chi connectivity index (χ4n) is 0.801. The lowest BCUT2D eigenvalue weighted by Gasteiger charge is -2.05.